The van der Waals surface area contributed by atoms with Gasteiger partial charge >= 0.3 is 5.97 Å². The highest BCUT2D eigenvalue weighted by molar-refractivity contribution is 14.1. The van der Waals surface area contributed by atoms with Crippen LogP contribution in [0, 0.1) is 13.0 Å². The molecule has 5 aromatic rings. The van der Waals surface area contributed by atoms with E-state index in [0.717, 1.165) is 7.14 Å². The van der Waals surface area contributed by atoms with Gasteiger partial charge in [0.25, 0.3) is 5.56 Å². The van der Waals surface area contributed by atoms with E-state index in [1.165, 1.54) is 36.2 Å². The number of thiazole rings is 1. The molecule has 0 amide bonds. The predicted octanol–water partition coefficient (Wildman–Crippen LogP) is 6.88. The molecule has 2 heterocycles. The number of nitrogens with zero attached hydrogens (tertiary/aromatic N) is 2. The number of carbonyl (C=O) groups is 1. The van der Waals surface area contributed by atoms with Crippen LogP contribution in [0.5, 0.6) is 17.2 Å². The maximum atomic E-state index is 14.5. The summed E-state index contributed by atoms with van der Waals surface area (Å²) in [7, 11) is 3.07. The molecule has 6 rings (SSSR count). The van der Waals surface area contributed by atoms with Crippen LogP contribution in [-0.4, -0.2) is 31.4 Å². The van der Waals surface area contributed by atoms with Crippen molar-refractivity contribution in [1.29, 1.82) is 0 Å². The normalized spacial score (nSPS) is 14.2. The summed E-state index contributed by atoms with van der Waals surface area (Å²) in [6.45, 7) is 1.87. The highest BCUT2D eigenvalue weighted by Crippen LogP contribution is 2.38. The zero-order valence-electron chi connectivity index (χ0n) is 26.5. The van der Waals surface area contributed by atoms with Crippen molar-refractivity contribution in [1.82, 2.24) is 4.57 Å². The van der Waals surface area contributed by atoms with Crippen LogP contribution in [0.15, 0.2) is 100 Å². The lowest BCUT2D eigenvalue weighted by atomic mass is 9.93. The number of benzene rings is 4. The highest BCUT2D eigenvalue weighted by atomic mass is 127. The third-order valence-corrected chi connectivity index (χ3v) is 10.2. The molecule has 0 radical (unpaired) electrons. The van der Waals surface area contributed by atoms with Crippen molar-refractivity contribution in [3.63, 3.8) is 0 Å². The summed E-state index contributed by atoms with van der Waals surface area (Å²) in [5.74, 6) is 0.507. The molecule has 4 aromatic carbocycles. The van der Waals surface area contributed by atoms with E-state index in [4.69, 9.17) is 23.9 Å². The monoisotopic (exact) mass is 902 g/mol. The van der Waals surface area contributed by atoms with Crippen molar-refractivity contribution in [2.24, 2.45) is 4.99 Å². The molecule has 0 saturated carbocycles. The lowest BCUT2D eigenvalue weighted by molar-refractivity contribution is -0.138. The number of hydrogen-bond donors (Lipinski definition) is 0. The SMILES string of the molecule is CCOC(=O)C1=C(c2ccccc2)N=c2s/c(=C\c3cc(I)cc(I)c3OCc3ccccc3F)c(=O)n2[C@@H]1c1ccc(OC)c(OC)c1. The minimum absolute atomic E-state index is 0.00793. The Kier molecular flexibility index (Phi) is 10.8. The second-order valence-electron chi connectivity index (χ2n) is 10.7. The first-order chi connectivity index (χ1) is 23.7. The molecule has 49 heavy (non-hydrogen) atoms. The molecular weight excluding hydrogens is 873 g/mol. The van der Waals surface area contributed by atoms with Crippen LogP contribution in [0.25, 0.3) is 11.8 Å². The van der Waals surface area contributed by atoms with Gasteiger partial charge in [0, 0.05) is 20.3 Å². The average molecular weight is 903 g/mol. The first kappa shape index (κ1) is 34.8. The number of aromatic nitrogens is 1. The van der Waals surface area contributed by atoms with Gasteiger partial charge in [-0.1, -0.05) is 65.9 Å². The van der Waals surface area contributed by atoms with Crippen molar-refractivity contribution in [2.45, 2.75) is 19.6 Å². The van der Waals surface area contributed by atoms with Crippen molar-refractivity contribution >= 4 is 74.3 Å². The molecule has 1 atom stereocenters. The Morgan fingerprint density at radius 2 is 1.71 bits per heavy atom. The molecule has 1 aromatic heterocycles. The van der Waals surface area contributed by atoms with E-state index < -0.39 is 12.0 Å². The fourth-order valence-corrected chi connectivity index (χ4v) is 8.56. The number of carbonyl (C=O) groups excluding carboxylic acids is 1. The van der Waals surface area contributed by atoms with E-state index in [2.05, 4.69) is 45.2 Å². The number of hydrogen-bond acceptors (Lipinski definition) is 8. The summed E-state index contributed by atoms with van der Waals surface area (Å²) < 4.78 is 40.9. The lowest BCUT2D eigenvalue weighted by Crippen LogP contribution is -2.40. The molecule has 1 aliphatic rings. The van der Waals surface area contributed by atoms with Crippen LogP contribution in [0.1, 0.15) is 35.2 Å². The molecule has 1 aliphatic heterocycles. The van der Waals surface area contributed by atoms with Gasteiger partial charge < -0.3 is 18.9 Å². The van der Waals surface area contributed by atoms with Gasteiger partial charge in [-0.25, -0.2) is 14.2 Å². The summed E-state index contributed by atoms with van der Waals surface area (Å²) in [6.07, 6.45) is 1.76. The van der Waals surface area contributed by atoms with Gasteiger partial charge in [-0.15, -0.1) is 0 Å². The van der Waals surface area contributed by atoms with E-state index in [-0.39, 0.29) is 30.2 Å². The van der Waals surface area contributed by atoms with Crippen LogP contribution in [0.2, 0.25) is 0 Å². The molecule has 0 aliphatic carbocycles. The first-order valence-electron chi connectivity index (χ1n) is 15.1. The van der Waals surface area contributed by atoms with E-state index in [1.54, 1.807) is 49.4 Å². The van der Waals surface area contributed by atoms with Crippen LogP contribution < -0.4 is 29.1 Å². The minimum Gasteiger partial charge on any atom is -0.493 e. The Labute approximate surface area is 312 Å². The molecule has 0 fully saturated rings. The molecule has 0 bridgehead atoms. The van der Waals surface area contributed by atoms with E-state index in [1.807, 2.05) is 42.5 Å². The molecule has 0 N–H and O–H groups in total. The zero-order chi connectivity index (χ0) is 34.7. The molecular formula is C37H29FI2N2O6S. The van der Waals surface area contributed by atoms with E-state index in [0.29, 0.717) is 54.5 Å². The lowest BCUT2D eigenvalue weighted by Gasteiger charge is -2.26. The van der Waals surface area contributed by atoms with Crippen molar-refractivity contribution in [2.75, 3.05) is 20.8 Å². The standard InChI is InChI=1S/C37H29FI2N2O6S/c1-4-47-36(44)31-32(21-10-6-5-7-11-21)41-37-42(33(31)22-14-15-28(45-2)29(17-22)46-3)35(43)30(49-37)18-24-16-25(39)19-27(40)34(24)48-20-23-12-8-9-13-26(23)38/h5-19,33H,4,20H2,1-3H3/b30-18-/t33-/m1/s1. The highest BCUT2D eigenvalue weighted by Gasteiger charge is 2.35. The topological polar surface area (TPSA) is 88.4 Å². The summed E-state index contributed by atoms with van der Waals surface area (Å²) in [5.41, 5.74) is 2.64. The number of halogens is 3. The van der Waals surface area contributed by atoms with Crippen LogP contribution in [-0.2, 0) is 16.1 Å². The number of ether oxygens (including phenoxy) is 4. The van der Waals surface area contributed by atoms with Gasteiger partial charge in [0.1, 0.15) is 18.2 Å². The smallest absolute Gasteiger partial charge is 0.338 e. The molecule has 0 unspecified atom stereocenters. The Bertz CT molecular complexity index is 2270. The second kappa shape index (κ2) is 15.3. The molecule has 8 nitrogen and oxygen atoms in total. The van der Waals surface area contributed by atoms with Crippen LogP contribution >= 0.6 is 56.5 Å². The van der Waals surface area contributed by atoms with Crippen LogP contribution in [0.3, 0.4) is 0 Å². The Balaban J connectivity index is 1.59. The Morgan fingerprint density at radius 1 is 0.980 bits per heavy atom. The van der Waals surface area contributed by atoms with Gasteiger partial charge in [-0.05, 0) is 94.1 Å². The number of rotatable bonds is 10. The third-order valence-electron chi connectivity index (χ3n) is 7.75. The quantitative estimate of drug-likeness (QED) is 0.112. The predicted molar refractivity (Wildman–Crippen MR) is 203 cm³/mol. The van der Waals surface area contributed by atoms with E-state index in [9.17, 15) is 14.0 Å². The average Bonchev–Trinajstić information content (AvgIpc) is 3.41. The summed E-state index contributed by atoms with van der Waals surface area (Å²) in [4.78, 5) is 33.7. The van der Waals surface area contributed by atoms with Gasteiger partial charge in [0.15, 0.2) is 16.3 Å². The number of methoxy groups -OCH3 is 2. The van der Waals surface area contributed by atoms with Gasteiger partial charge in [0.2, 0.25) is 0 Å². The fourth-order valence-electron chi connectivity index (χ4n) is 5.53. The molecule has 0 spiro atoms. The van der Waals surface area contributed by atoms with Crippen molar-refractivity contribution < 1.29 is 28.1 Å². The summed E-state index contributed by atoms with van der Waals surface area (Å²) in [6, 6.07) is 24.0. The summed E-state index contributed by atoms with van der Waals surface area (Å²) in [5, 5.41) is 0. The summed E-state index contributed by atoms with van der Waals surface area (Å²) >= 11 is 5.59. The van der Waals surface area contributed by atoms with Crippen molar-refractivity contribution in [3.8, 4) is 17.2 Å². The van der Waals surface area contributed by atoms with Gasteiger partial charge in [-0.2, -0.15) is 0 Å². The largest absolute Gasteiger partial charge is 0.493 e. The third kappa shape index (κ3) is 7.17. The maximum Gasteiger partial charge on any atom is 0.338 e. The van der Waals surface area contributed by atoms with Crippen molar-refractivity contribution in [3.05, 3.63) is 145 Å². The molecule has 250 valence electrons. The first-order valence-corrected chi connectivity index (χ1v) is 18.1. The Hall–Kier alpha value is -4.02. The van der Waals surface area contributed by atoms with Crippen LogP contribution in [0.4, 0.5) is 4.39 Å². The maximum absolute atomic E-state index is 14.5. The van der Waals surface area contributed by atoms with Gasteiger partial charge in [0.05, 0.1) is 46.2 Å². The number of esters is 1. The minimum atomic E-state index is -0.903. The Morgan fingerprint density at radius 3 is 2.43 bits per heavy atom. The fraction of sp³-hybridized carbons (Fsp3) is 0.162. The molecule has 12 heteroatoms. The van der Waals surface area contributed by atoms with Gasteiger partial charge in [-0.3, -0.25) is 9.36 Å². The zero-order valence-corrected chi connectivity index (χ0v) is 31.7. The molecule has 0 saturated heterocycles. The second-order valence-corrected chi connectivity index (χ2v) is 14.1. The number of fused-ring (bicyclic) bond motifs is 1. The van der Waals surface area contributed by atoms with E-state index >= 15 is 0 Å².